The van der Waals surface area contributed by atoms with Gasteiger partial charge in [0.25, 0.3) is 11.8 Å². The highest BCUT2D eigenvalue weighted by Gasteiger charge is 2.39. The van der Waals surface area contributed by atoms with Gasteiger partial charge in [-0.1, -0.05) is 66.7 Å². The van der Waals surface area contributed by atoms with E-state index in [4.69, 9.17) is 0 Å². The van der Waals surface area contributed by atoms with Gasteiger partial charge in [0.15, 0.2) is 0 Å². The number of fused-ring (bicyclic) bond motifs is 4. The summed E-state index contributed by atoms with van der Waals surface area (Å²) in [4.78, 5) is 28.7. The molecule has 6 aromatic rings. The molecule has 5 nitrogen and oxygen atoms in total. The van der Waals surface area contributed by atoms with E-state index in [0.29, 0.717) is 28.1 Å². The molecule has 184 valence electrons. The van der Waals surface area contributed by atoms with Crippen LogP contribution >= 0.6 is 0 Å². The maximum atomic E-state index is 13.9. The molecule has 2 heterocycles. The van der Waals surface area contributed by atoms with Crippen LogP contribution < -0.4 is 4.90 Å². The second-order valence-electron chi connectivity index (χ2n) is 9.68. The van der Waals surface area contributed by atoms with Gasteiger partial charge in [-0.3, -0.25) is 9.59 Å². The van der Waals surface area contributed by atoms with Gasteiger partial charge in [-0.15, -0.1) is 0 Å². The van der Waals surface area contributed by atoms with Gasteiger partial charge in [0.05, 0.1) is 45.2 Å². The van der Waals surface area contributed by atoms with Gasteiger partial charge in [0.2, 0.25) is 0 Å². The Hall–Kier alpha value is -5.47. The average Bonchev–Trinajstić information content (AvgIpc) is 3.45. The van der Waals surface area contributed by atoms with Gasteiger partial charge in [-0.2, -0.15) is 5.26 Å². The van der Waals surface area contributed by atoms with Crippen LogP contribution in [0.25, 0.3) is 38.6 Å². The lowest BCUT2D eigenvalue weighted by molar-refractivity contribution is 0.0926. The number of rotatable bonds is 3. The number of aromatic nitrogens is 1. The average molecular weight is 504 g/mol. The van der Waals surface area contributed by atoms with Crippen molar-refractivity contribution in [2.45, 2.75) is 6.92 Å². The molecule has 5 heteroatoms. The molecule has 0 bridgehead atoms. The molecule has 1 aliphatic rings. The quantitative estimate of drug-likeness (QED) is 0.236. The number of para-hydroxylation sites is 3. The number of aryl methyl sites for hydroxylation is 1. The molecule has 0 unspecified atom stereocenters. The van der Waals surface area contributed by atoms with Crippen molar-refractivity contribution < 1.29 is 9.59 Å². The number of carbonyl (C=O) groups is 2. The first-order valence-electron chi connectivity index (χ1n) is 12.7. The third-order valence-electron chi connectivity index (χ3n) is 7.49. The topological polar surface area (TPSA) is 66.1 Å². The number of anilines is 1. The molecule has 0 saturated heterocycles. The molecule has 0 N–H and O–H groups in total. The Labute approximate surface area is 224 Å². The highest BCUT2D eigenvalue weighted by Crippen LogP contribution is 2.41. The van der Waals surface area contributed by atoms with Crippen molar-refractivity contribution in [2.24, 2.45) is 0 Å². The monoisotopic (exact) mass is 503 g/mol. The van der Waals surface area contributed by atoms with Crippen LogP contribution in [0.4, 0.5) is 5.69 Å². The molecule has 5 aromatic carbocycles. The number of hydrogen-bond acceptors (Lipinski definition) is 3. The largest absolute Gasteiger partial charge is 0.308 e. The molecule has 1 aliphatic heterocycles. The minimum atomic E-state index is -0.338. The van der Waals surface area contributed by atoms with Crippen LogP contribution in [0, 0.1) is 18.3 Å². The highest BCUT2D eigenvalue weighted by atomic mass is 16.2. The van der Waals surface area contributed by atoms with E-state index in [2.05, 4.69) is 28.8 Å². The predicted octanol–water partition coefficient (Wildman–Crippen LogP) is 7.43. The Kier molecular flexibility index (Phi) is 4.97. The fourth-order valence-electron chi connectivity index (χ4n) is 5.79. The summed E-state index contributed by atoms with van der Waals surface area (Å²) in [7, 11) is 0. The number of imide groups is 1. The number of hydrogen-bond donors (Lipinski definition) is 0. The Morgan fingerprint density at radius 1 is 0.667 bits per heavy atom. The van der Waals surface area contributed by atoms with Crippen molar-refractivity contribution in [1.82, 2.24) is 4.57 Å². The molecule has 7 rings (SSSR count). The Morgan fingerprint density at radius 3 is 2.18 bits per heavy atom. The maximum absolute atomic E-state index is 13.9. The smallest absolute Gasteiger partial charge is 0.268 e. The van der Waals surface area contributed by atoms with E-state index >= 15 is 0 Å². The molecule has 0 radical (unpaired) electrons. The molecule has 39 heavy (non-hydrogen) atoms. The number of carbonyl (C=O) groups excluding carboxylic acids is 2. The van der Waals surface area contributed by atoms with Crippen molar-refractivity contribution in [3.8, 4) is 22.9 Å². The molecular weight excluding hydrogens is 482 g/mol. The molecule has 0 saturated carbocycles. The number of amides is 2. The number of nitriles is 1. The van der Waals surface area contributed by atoms with Gasteiger partial charge in [0, 0.05) is 16.3 Å². The van der Waals surface area contributed by atoms with Gasteiger partial charge < -0.3 is 4.57 Å². The van der Waals surface area contributed by atoms with Gasteiger partial charge >= 0.3 is 0 Å². The van der Waals surface area contributed by atoms with E-state index in [9.17, 15) is 14.9 Å². The van der Waals surface area contributed by atoms with Crippen LogP contribution in [0.15, 0.2) is 109 Å². The predicted molar refractivity (Wildman–Crippen MR) is 153 cm³/mol. The van der Waals surface area contributed by atoms with Crippen LogP contribution in [-0.4, -0.2) is 16.4 Å². The third-order valence-corrected chi connectivity index (χ3v) is 7.49. The minimum absolute atomic E-state index is 0.327. The van der Waals surface area contributed by atoms with Crippen LogP contribution in [0.3, 0.4) is 0 Å². The van der Waals surface area contributed by atoms with Gasteiger partial charge in [-0.25, -0.2) is 4.90 Å². The normalized spacial score (nSPS) is 12.8. The minimum Gasteiger partial charge on any atom is -0.308 e. The first-order chi connectivity index (χ1) is 19.1. The Bertz CT molecular complexity index is 2030. The fourth-order valence-corrected chi connectivity index (χ4v) is 5.79. The van der Waals surface area contributed by atoms with Crippen LogP contribution in [0.2, 0.25) is 0 Å². The first kappa shape index (κ1) is 22.7. The molecule has 0 fully saturated rings. The summed E-state index contributed by atoms with van der Waals surface area (Å²) in [6.07, 6.45) is 0. The zero-order valence-electron chi connectivity index (χ0n) is 21.1. The number of nitrogens with zero attached hydrogens (tertiary/aromatic N) is 3. The highest BCUT2D eigenvalue weighted by molar-refractivity contribution is 6.35. The van der Waals surface area contributed by atoms with Crippen molar-refractivity contribution in [1.29, 1.82) is 5.26 Å². The second kappa shape index (κ2) is 8.54. The summed E-state index contributed by atoms with van der Waals surface area (Å²) in [6.45, 7) is 2.00. The van der Waals surface area contributed by atoms with E-state index in [1.807, 2.05) is 79.7 Å². The fraction of sp³-hybridized carbons (Fsp3) is 0.0294. The summed E-state index contributed by atoms with van der Waals surface area (Å²) in [5, 5.41) is 11.5. The lowest BCUT2D eigenvalue weighted by Crippen LogP contribution is -2.29. The van der Waals surface area contributed by atoms with Gasteiger partial charge in [-0.05, 0) is 60.5 Å². The summed E-state index contributed by atoms with van der Waals surface area (Å²) >= 11 is 0. The van der Waals surface area contributed by atoms with Crippen molar-refractivity contribution in [3.05, 3.63) is 131 Å². The van der Waals surface area contributed by atoms with E-state index in [-0.39, 0.29) is 11.8 Å². The SMILES string of the molecule is Cc1cc(C#N)ccc1-c1cccc2c3ccccc3n(-c3cccc4c3C(=O)N(c3ccccc3)C4=O)c12. The van der Waals surface area contributed by atoms with Crippen molar-refractivity contribution >= 4 is 39.3 Å². The summed E-state index contributed by atoms with van der Waals surface area (Å²) in [5.74, 6) is -0.665. The van der Waals surface area contributed by atoms with Gasteiger partial charge in [0.1, 0.15) is 0 Å². The van der Waals surface area contributed by atoms with Crippen LogP contribution in [-0.2, 0) is 0 Å². The molecule has 0 aliphatic carbocycles. The molecule has 0 spiro atoms. The van der Waals surface area contributed by atoms with Crippen LogP contribution in [0.1, 0.15) is 31.8 Å². The zero-order valence-corrected chi connectivity index (χ0v) is 21.1. The lowest BCUT2D eigenvalue weighted by atomic mass is 9.96. The second-order valence-corrected chi connectivity index (χ2v) is 9.68. The zero-order chi connectivity index (χ0) is 26.7. The molecule has 2 amide bonds. The molecular formula is C34H21N3O2. The summed E-state index contributed by atoms with van der Waals surface area (Å²) in [6, 6.07) is 36.7. The van der Waals surface area contributed by atoms with Crippen LogP contribution in [0.5, 0.6) is 0 Å². The molecule has 0 atom stereocenters. The standard InChI is InChI=1S/C34H21N3O2/c1-21-19-22(20-35)17-18-24(21)26-12-7-13-27-25-11-5-6-15-29(25)37(32(26)27)30-16-8-14-28-31(30)34(39)36(33(28)38)23-9-3-2-4-10-23/h2-19H,1H3. The molecule has 1 aromatic heterocycles. The Morgan fingerprint density at radius 2 is 1.38 bits per heavy atom. The summed E-state index contributed by atoms with van der Waals surface area (Å²) in [5.41, 5.74) is 7.45. The first-order valence-corrected chi connectivity index (χ1v) is 12.7. The van der Waals surface area contributed by atoms with E-state index in [1.54, 1.807) is 18.2 Å². The van der Waals surface area contributed by atoms with Crippen molar-refractivity contribution in [2.75, 3.05) is 4.90 Å². The van der Waals surface area contributed by atoms with E-state index in [1.165, 1.54) is 4.90 Å². The third kappa shape index (κ3) is 3.25. The van der Waals surface area contributed by atoms with E-state index in [0.717, 1.165) is 38.5 Å². The Balaban J connectivity index is 1.56. The summed E-state index contributed by atoms with van der Waals surface area (Å²) < 4.78 is 2.11. The van der Waals surface area contributed by atoms with Crippen molar-refractivity contribution in [3.63, 3.8) is 0 Å². The number of benzene rings is 5. The lowest BCUT2D eigenvalue weighted by Gasteiger charge is -2.16. The maximum Gasteiger partial charge on any atom is 0.268 e. The van der Waals surface area contributed by atoms with E-state index < -0.39 is 0 Å².